The van der Waals surface area contributed by atoms with Crippen LogP contribution in [0.5, 0.6) is 0 Å². The minimum atomic E-state index is -0.248. The van der Waals surface area contributed by atoms with Gasteiger partial charge in [-0.15, -0.1) is 0 Å². The Morgan fingerprint density at radius 2 is 2.24 bits per heavy atom. The number of imidazole rings is 1. The van der Waals surface area contributed by atoms with E-state index in [0.717, 1.165) is 17.5 Å². The molecule has 17 heavy (non-hydrogen) atoms. The number of fused-ring (bicyclic) bond motifs is 1. The fourth-order valence-electron chi connectivity index (χ4n) is 1.76. The first kappa shape index (κ1) is 11.6. The fourth-order valence-corrected chi connectivity index (χ4v) is 1.76. The lowest BCUT2D eigenvalue weighted by atomic mass is 10.1. The third-order valence-electron chi connectivity index (χ3n) is 2.62. The summed E-state index contributed by atoms with van der Waals surface area (Å²) in [5.41, 5.74) is 3.12. The number of aromatic amines is 1. The van der Waals surface area contributed by atoms with Crippen molar-refractivity contribution in [2.24, 2.45) is 0 Å². The molecule has 1 aromatic carbocycles. The van der Waals surface area contributed by atoms with Gasteiger partial charge >= 0.3 is 5.97 Å². The molecule has 0 saturated carbocycles. The van der Waals surface area contributed by atoms with Crippen molar-refractivity contribution in [2.75, 3.05) is 6.61 Å². The van der Waals surface area contributed by atoms with Gasteiger partial charge in [0.05, 0.1) is 17.6 Å². The number of carbonyl (C=O) groups excluding carboxylic acids is 1. The average molecular weight is 232 g/mol. The minimum absolute atomic E-state index is 0.198. The number of nitrogens with zero attached hydrogens (tertiary/aromatic N) is 1. The summed E-state index contributed by atoms with van der Waals surface area (Å²) in [5.74, 6) is 0.411. The number of hydrogen-bond donors (Lipinski definition) is 1. The molecule has 2 aromatic rings. The highest BCUT2D eigenvalue weighted by molar-refractivity contribution is 5.78. The lowest BCUT2D eigenvalue weighted by molar-refractivity contribution is -0.142. The van der Waals surface area contributed by atoms with Gasteiger partial charge in [-0.25, -0.2) is 4.98 Å². The van der Waals surface area contributed by atoms with E-state index < -0.39 is 0 Å². The van der Waals surface area contributed by atoms with Crippen LogP contribution in [0.15, 0.2) is 18.2 Å². The molecular weight excluding hydrogens is 216 g/mol. The quantitative estimate of drug-likeness (QED) is 0.822. The molecule has 0 aliphatic heterocycles. The van der Waals surface area contributed by atoms with Gasteiger partial charge in [-0.2, -0.15) is 0 Å². The molecule has 0 spiro atoms. The molecule has 0 fully saturated rings. The van der Waals surface area contributed by atoms with Crippen LogP contribution < -0.4 is 0 Å². The van der Waals surface area contributed by atoms with E-state index in [1.165, 1.54) is 5.56 Å². The zero-order chi connectivity index (χ0) is 12.3. The van der Waals surface area contributed by atoms with Crippen LogP contribution >= 0.6 is 0 Å². The Bertz CT molecular complexity index is 531. The number of ether oxygens (including phenoxy) is 1. The van der Waals surface area contributed by atoms with E-state index in [4.69, 9.17) is 4.74 Å². The Labute approximate surface area is 100 Å². The molecule has 0 bridgehead atoms. The van der Waals surface area contributed by atoms with E-state index in [1.807, 2.05) is 6.07 Å². The maximum Gasteiger partial charge on any atom is 0.313 e. The molecule has 4 nitrogen and oxygen atoms in total. The first-order valence-electron chi connectivity index (χ1n) is 5.86. The van der Waals surface area contributed by atoms with Crippen LogP contribution in [0.3, 0.4) is 0 Å². The lowest BCUT2D eigenvalue weighted by Gasteiger charge is -1.97. The summed E-state index contributed by atoms with van der Waals surface area (Å²) in [6.45, 7) is 4.31. The van der Waals surface area contributed by atoms with Gasteiger partial charge in [0.15, 0.2) is 0 Å². The van der Waals surface area contributed by atoms with E-state index in [2.05, 4.69) is 29.0 Å². The van der Waals surface area contributed by atoms with Crippen molar-refractivity contribution in [1.29, 1.82) is 0 Å². The van der Waals surface area contributed by atoms with Crippen LogP contribution in [-0.2, 0) is 22.4 Å². The summed E-state index contributed by atoms with van der Waals surface area (Å²) < 4.78 is 4.89. The van der Waals surface area contributed by atoms with Gasteiger partial charge in [-0.3, -0.25) is 4.79 Å². The monoisotopic (exact) mass is 232 g/mol. The molecule has 0 aliphatic rings. The number of aryl methyl sites for hydroxylation is 1. The molecule has 1 N–H and O–H groups in total. The first-order chi connectivity index (χ1) is 8.22. The molecule has 0 saturated heterocycles. The Morgan fingerprint density at radius 1 is 1.41 bits per heavy atom. The summed E-state index contributed by atoms with van der Waals surface area (Å²) in [6.07, 6.45) is 1.19. The summed E-state index contributed by atoms with van der Waals surface area (Å²) in [4.78, 5) is 18.8. The van der Waals surface area contributed by atoms with Crippen LogP contribution in [0.1, 0.15) is 25.2 Å². The number of esters is 1. The Balaban J connectivity index is 2.22. The molecule has 2 rings (SSSR count). The highest BCUT2D eigenvalue weighted by Crippen LogP contribution is 2.14. The highest BCUT2D eigenvalue weighted by Gasteiger charge is 2.08. The van der Waals surface area contributed by atoms with Crippen molar-refractivity contribution in [3.05, 3.63) is 29.6 Å². The Kier molecular flexibility index (Phi) is 3.42. The van der Waals surface area contributed by atoms with Gasteiger partial charge in [0.25, 0.3) is 0 Å². The largest absolute Gasteiger partial charge is 0.466 e. The summed E-state index contributed by atoms with van der Waals surface area (Å²) in [7, 11) is 0. The molecule has 0 amide bonds. The van der Waals surface area contributed by atoms with Gasteiger partial charge < -0.3 is 9.72 Å². The Hall–Kier alpha value is -1.84. The van der Waals surface area contributed by atoms with Crippen molar-refractivity contribution < 1.29 is 9.53 Å². The average Bonchev–Trinajstić information content (AvgIpc) is 2.69. The molecule has 0 aliphatic carbocycles. The molecule has 0 atom stereocenters. The van der Waals surface area contributed by atoms with E-state index >= 15 is 0 Å². The molecule has 0 radical (unpaired) electrons. The van der Waals surface area contributed by atoms with Gasteiger partial charge in [-0.05, 0) is 31.0 Å². The zero-order valence-electron chi connectivity index (χ0n) is 10.1. The van der Waals surface area contributed by atoms with E-state index in [-0.39, 0.29) is 12.4 Å². The normalized spacial score (nSPS) is 10.7. The van der Waals surface area contributed by atoms with Crippen molar-refractivity contribution in [3.8, 4) is 0 Å². The van der Waals surface area contributed by atoms with E-state index in [1.54, 1.807) is 6.92 Å². The maximum absolute atomic E-state index is 11.3. The number of aromatic nitrogens is 2. The van der Waals surface area contributed by atoms with E-state index in [9.17, 15) is 4.79 Å². The highest BCUT2D eigenvalue weighted by atomic mass is 16.5. The molecule has 4 heteroatoms. The number of nitrogens with one attached hydrogen (secondary N) is 1. The number of hydrogen-bond acceptors (Lipinski definition) is 3. The van der Waals surface area contributed by atoms with Crippen molar-refractivity contribution in [2.45, 2.75) is 26.7 Å². The van der Waals surface area contributed by atoms with Crippen LogP contribution in [0.25, 0.3) is 11.0 Å². The zero-order valence-corrected chi connectivity index (χ0v) is 10.1. The van der Waals surface area contributed by atoms with Gasteiger partial charge in [0.2, 0.25) is 0 Å². The second-order valence-corrected chi connectivity index (χ2v) is 3.87. The summed E-state index contributed by atoms with van der Waals surface area (Å²) in [5, 5.41) is 0. The van der Waals surface area contributed by atoms with Crippen LogP contribution in [0.2, 0.25) is 0 Å². The number of H-pyrrole nitrogens is 1. The molecule has 90 valence electrons. The number of benzene rings is 1. The second-order valence-electron chi connectivity index (χ2n) is 3.87. The van der Waals surface area contributed by atoms with Crippen molar-refractivity contribution in [3.63, 3.8) is 0 Å². The standard InChI is InChI=1S/C13H16N2O2/c1-3-9-5-6-10-11(7-9)15-12(14-10)8-13(16)17-4-2/h5-7H,3-4,8H2,1-2H3,(H,14,15). The smallest absolute Gasteiger partial charge is 0.313 e. The molecule has 0 unspecified atom stereocenters. The second kappa shape index (κ2) is 4.99. The predicted molar refractivity (Wildman–Crippen MR) is 65.8 cm³/mol. The van der Waals surface area contributed by atoms with Crippen LogP contribution in [0, 0.1) is 0 Å². The number of rotatable bonds is 4. The van der Waals surface area contributed by atoms with E-state index in [0.29, 0.717) is 12.4 Å². The molecule has 1 aromatic heterocycles. The third kappa shape index (κ3) is 2.64. The fraction of sp³-hybridized carbons (Fsp3) is 0.385. The maximum atomic E-state index is 11.3. The van der Waals surface area contributed by atoms with Gasteiger partial charge in [0, 0.05) is 0 Å². The molecular formula is C13H16N2O2. The SMILES string of the molecule is CCOC(=O)Cc1nc2ccc(CC)cc2[nH]1. The third-order valence-corrected chi connectivity index (χ3v) is 2.62. The number of carbonyl (C=O) groups is 1. The van der Waals surface area contributed by atoms with Gasteiger partial charge in [-0.1, -0.05) is 13.0 Å². The molecule has 1 heterocycles. The predicted octanol–water partition coefficient (Wildman–Crippen LogP) is 2.23. The Morgan fingerprint density at radius 3 is 2.94 bits per heavy atom. The lowest BCUT2D eigenvalue weighted by Crippen LogP contribution is -2.08. The first-order valence-corrected chi connectivity index (χ1v) is 5.86. The topological polar surface area (TPSA) is 55.0 Å². The van der Waals surface area contributed by atoms with Crippen molar-refractivity contribution in [1.82, 2.24) is 9.97 Å². The van der Waals surface area contributed by atoms with Gasteiger partial charge in [0.1, 0.15) is 12.2 Å². The minimum Gasteiger partial charge on any atom is -0.466 e. The van der Waals surface area contributed by atoms with Crippen LogP contribution in [0.4, 0.5) is 0 Å². The van der Waals surface area contributed by atoms with Crippen LogP contribution in [-0.4, -0.2) is 22.5 Å². The van der Waals surface area contributed by atoms with Crippen molar-refractivity contribution >= 4 is 17.0 Å². The summed E-state index contributed by atoms with van der Waals surface area (Å²) >= 11 is 0. The summed E-state index contributed by atoms with van der Waals surface area (Å²) in [6, 6.07) is 6.09.